The van der Waals surface area contributed by atoms with Crippen molar-refractivity contribution in [2.45, 2.75) is 19.1 Å². The number of fused-ring (bicyclic) bond motifs is 3. The average Bonchev–Trinajstić information content (AvgIpc) is 2.47. The molecule has 2 aliphatic heterocycles. The molecule has 1 unspecified atom stereocenters. The van der Waals surface area contributed by atoms with Gasteiger partial charge in [0, 0.05) is 17.6 Å². The number of carbonyl (C=O) groups is 1. The molecule has 0 bridgehead atoms. The van der Waals surface area contributed by atoms with Crippen LogP contribution in [0.25, 0.3) is 5.57 Å². The number of aliphatic hydroxyl groups excluding tert-OH is 1. The van der Waals surface area contributed by atoms with Crippen molar-refractivity contribution in [2.75, 3.05) is 4.90 Å². The normalized spacial score (nSPS) is 20.0. The Kier molecular flexibility index (Phi) is 3.25. The van der Waals surface area contributed by atoms with Gasteiger partial charge in [-0.2, -0.15) is 0 Å². The zero-order chi connectivity index (χ0) is 15.0. The number of para-hydroxylation sites is 1. The molecular weight excluding hydrogens is 273 g/mol. The SMILES string of the molecule is O=C(O)CCC1=C(O)C2=CC=CC(F)N2c2ccccc21. The van der Waals surface area contributed by atoms with Gasteiger partial charge in [-0.05, 0) is 24.6 Å². The van der Waals surface area contributed by atoms with E-state index < -0.39 is 12.3 Å². The molecule has 0 spiro atoms. The zero-order valence-electron chi connectivity index (χ0n) is 11.2. The second-order valence-electron chi connectivity index (χ2n) is 4.92. The van der Waals surface area contributed by atoms with Crippen molar-refractivity contribution >= 4 is 17.2 Å². The number of hydrogen-bond donors (Lipinski definition) is 2. The molecular formula is C16H14FNO3. The Morgan fingerprint density at radius 3 is 2.86 bits per heavy atom. The number of hydrogen-bond acceptors (Lipinski definition) is 3. The fraction of sp³-hybridized carbons (Fsp3) is 0.188. The Morgan fingerprint density at radius 2 is 2.10 bits per heavy atom. The van der Waals surface area contributed by atoms with E-state index in [-0.39, 0.29) is 18.6 Å². The van der Waals surface area contributed by atoms with Crippen LogP contribution in [0.3, 0.4) is 0 Å². The van der Waals surface area contributed by atoms with Gasteiger partial charge in [0.05, 0.1) is 11.4 Å². The first-order valence-electron chi connectivity index (χ1n) is 6.65. The van der Waals surface area contributed by atoms with Crippen molar-refractivity contribution in [1.29, 1.82) is 0 Å². The Morgan fingerprint density at radius 1 is 1.33 bits per heavy atom. The van der Waals surface area contributed by atoms with Gasteiger partial charge in [0.25, 0.3) is 0 Å². The van der Waals surface area contributed by atoms with E-state index in [0.717, 1.165) is 0 Å². The molecule has 5 heteroatoms. The van der Waals surface area contributed by atoms with E-state index >= 15 is 0 Å². The minimum Gasteiger partial charge on any atom is -0.505 e. The molecule has 0 fully saturated rings. The molecule has 3 rings (SSSR count). The second kappa shape index (κ2) is 5.09. The van der Waals surface area contributed by atoms with E-state index in [2.05, 4.69) is 0 Å². The first-order valence-corrected chi connectivity index (χ1v) is 6.65. The Bertz CT molecular complexity index is 691. The van der Waals surface area contributed by atoms with Crippen molar-refractivity contribution in [2.24, 2.45) is 0 Å². The van der Waals surface area contributed by atoms with E-state index in [1.807, 2.05) is 0 Å². The predicted molar refractivity (Wildman–Crippen MR) is 77.5 cm³/mol. The maximum absolute atomic E-state index is 14.2. The third kappa shape index (κ3) is 2.20. The van der Waals surface area contributed by atoms with Crippen LogP contribution in [0.2, 0.25) is 0 Å². The number of anilines is 1. The summed E-state index contributed by atoms with van der Waals surface area (Å²) in [5, 5.41) is 19.3. The lowest BCUT2D eigenvalue weighted by Crippen LogP contribution is -2.35. The highest BCUT2D eigenvalue weighted by Gasteiger charge is 2.33. The van der Waals surface area contributed by atoms with Gasteiger partial charge in [-0.15, -0.1) is 0 Å². The first-order chi connectivity index (χ1) is 10.1. The van der Waals surface area contributed by atoms with Gasteiger partial charge in [0.2, 0.25) is 0 Å². The van der Waals surface area contributed by atoms with E-state index in [0.29, 0.717) is 22.5 Å². The Labute approximate surface area is 121 Å². The monoisotopic (exact) mass is 287 g/mol. The second-order valence-corrected chi connectivity index (χ2v) is 4.92. The fourth-order valence-electron chi connectivity index (χ4n) is 2.70. The zero-order valence-corrected chi connectivity index (χ0v) is 11.2. The number of nitrogens with zero attached hydrogens (tertiary/aromatic N) is 1. The van der Waals surface area contributed by atoms with Gasteiger partial charge in [0.15, 0.2) is 6.30 Å². The molecule has 0 aromatic heterocycles. The molecule has 0 radical (unpaired) electrons. The number of benzene rings is 1. The number of aliphatic carboxylic acids is 1. The van der Waals surface area contributed by atoms with Crippen molar-refractivity contribution in [3.63, 3.8) is 0 Å². The van der Waals surface area contributed by atoms with Crippen LogP contribution in [0.5, 0.6) is 0 Å². The number of carboxylic acid groups (broad SMARTS) is 1. The van der Waals surface area contributed by atoms with Gasteiger partial charge < -0.3 is 15.1 Å². The molecule has 0 saturated heterocycles. The molecule has 1 aromatic rings. The van der Waals surface area contributed by atoms with E-state index in [1.165, 1.54) is 11.0 Å². The average molecular weight is 287 g/mol. The molecule has 4 nitrogen and oxygen atoms in total. The molecule has 2 N–H and O–H groups in total. The summed E-state index contributed by atoms with van der Waals surface area (Å²) in [7, 11) is 0. The van der Waals surface area contributed by atoms with Crippen LogP contribution in [-0.2, 0) is 4.79 Å². The lowest BCUT2D eigenvalue weighted by molar-refractivity contribution is -0.136. The van der Waals surface area contributed by atoms with Crippen LogP contribution in [0.15, 0.2) is 53.9 Å². The minimum absolute atomic E-state index is 0.0537. The van der Waals surface area contributed by atoms with Crippen molar-refractivity contribution in [1.82, 2.24) is 0 Å². The highest BCUT2D eigenvalue weighted by Crippen LogP contribution is 2.43. The topological polar surface area (TPSA) is 60.8 Å². The molecule has 0 aliphatic carbocycles. The van der Waals surface area contributed by atoms with Crippen LogP contribution >= 0.6 is 0 Å². The van der Waals surface area contributed by atoms with Crippen LogP contribution in [-0.4, -0.2) is 22.5 Å². The standard InChI is InChI=1S/C16H14FNO3/c17-14-7-3-6-13-16(21)11(8-9-15(19)20)10-4-1-2-5-12(10)18(13)14/h1-7,14,21H,8-9H2,(H,19,20). The Hall–Kier alpha value is -2.56. The number of carboxylic acids is 1. The number of alkyl halides is 1. The maximum atomic E-state index is 14.2. The molecule has 2 heterocycles. The summed E-state index contributed by atoms with van der Waals surface area (Å²) in [6.45, 7) is 0. The highest BCUT2D eigenvalue weighted by molar-refractivity contribution is 5.87. The number of rotatable bonds is 3. The number of aliphatic hydroxyl groups is 1. The highest BCUT2D eigenvalue weighted by atomic mass is 19.1. The van der Waals surface area contributed by atoms with Crippen LogP contribution in [0.4, 0.5) is 10.1 Å². The van der Waals surface area contributed by atoms with Gasteiger partial charge in [-0.1, -0.05) is 24.3 Å². The molecule has 0 saturated carbocycles. The molecule has 1 atom stereocenters. The van der Waals surface area contributed by atoms with Crippen molar-refractivity contribution in [3.8, 4) is 0 Å². The summed E-state index contributed by atoms with van der Waals surface area (Å²) in [5.74, 6) is -0.988. The third-order valence-corrected chi connectivity index (χ3v) is 3.64. The number of halogens is 1. The van der Waals surface area contributed by atoms with E-state index in [1.54, 1.807) is 36.4 Å². The van der Waals surface area contributed by atoms with Gasteiger partial charge in [0.1, 0.15) is 5.76 Å². The van der Waals surface area contributed by atoms with Crippen LogP contribution < -0.4 is 4.90 Å². The van der Waals surface area contributed by atoms with Crippen LogP contribution in [0.1, 0.15) is 18.4 Å². The number of allylic oxidation sites excluding steroid dienone is 3. The summed E-state index contributed by atoms with van der Waals surface area (Å²) in [6.07, 6.45) is 3.34. The Balaban J connectivity index is 2.14. The molecule has 21 heavy (non-hydrogen) atoms. The summed E-state index contributed by atoms with van der Waals surface area (Å²) in [5.41, 5.74) is 2.22. The summed E-state index contributed by atoms with van der Waals surface area (Å²) >= 11 is 0. The molecule has 0 amide bonds. The smallest absolute Gasteiger partial charge is 0.303 e. The predicted octanol–water partition coefficient (Wildman–Crippen LogP) is 3.39. The van der Waals surface area contributed by atoms with E-state index in [4.69, 9.17) is 5.11 Å². The minimum atomic E-state index is -1.35. The fourth-order valence-corrected chi connectivity index (χ4v) is 2.70. The summed E-state index contributed by atoms with van der Waals surface area (Å²) < 4.78 is 14.2. The largest absolute Gasteiger partial charge is 0.505 e. The quantitative estimate of drug-likeness (QED) is 0.837. The van der Waals surface area contributed by atoms with Gasteiger partial charge >= 0.3 is 5.97 Å². The molecule has 2 aliphatic rings. The lowest BCUT2D eigenvalue weighted by Gasteiger charge is -2.37. The molecule has 1 aromatic carbocycles. The summed E-state index contributed by atoms with van der Waals surface area (Å²) in [4.78, 5) is 12.2. The summed E-state index contributed by atoms with van der Waals surface area (Å²) in [6, 6.07) is 7.11. The van der Waals surface area contributed by atoms with Gasteiger partial charge in [-0.3, -0.25) is 4.79 Å². The van der Waals surface area contributed by atoms with E-state index in [9.17, 15) is 14.3 Å². The maximum Gasteiger partial charge on any atom is 0.303 e. The van der Waals surface area contributed by atoms with Crippen molar-refractivity contribution in [3.05, 3.63) is 59.5 Å². The lowest BCUT2D eigenvalue weighted by atomic mass is 9.91. The van der Waals surface area contributed by atoms with Gasteiger partial charge in [-0.25, -0.2) is 4.39 Å². The molecule has 108 valence electrons. The first kappa shape index (κ1) is 13.4. The van der Waals surface area contributed by atoms with Crippen molar-refractivity contribution < 1.29 is 19.4 Å². The van der Waals surface area contributed by atoms with Crippen LogP contribution in [0, 0.1) is 0 Å². The third-order valence-electron chi connectivity index (χ3n) is 3.64.